The molecule has 2 aromatic rings. The van der Waals surface area contributed by atoms with Gasteiger partial charge in [0, 0.05) is 24.3 Å². The van der Waals surface area contributed by atoms with E-state index < -0.39 is 0 Å². The van der Waals surface area contributed by atoms with Crippen LogP contribution in [-0.2, 0) is 17.8 Å². The Balaban J connectivity index is 0.00000288. The Morgan fingerprint density at radius 3 is 2.79 bits per heavy atom. The molecule has 0 aromatic carbocycles. The fraction of sp³-hybridized carbons (Fsp3) is 0.333. The quantitative estimate of drug-likeness (QED) is 0.349. The summed E-state index contributed by atoms with van der Waals surface area (Å²) in [4.78, 5) is 25.5. The van der Waals surface area contributed by atoms with Gasteiger partial charge in [-0.1, -0.05) is 6.92 Å². The third kappa shape index (κ3) is 6.79. The number of rotatable bonds is 6. The van der Waals surface area contributed by atoms with Gasteiger partial charge in [-0.3, -0.25) is 14.8 Å². The topological polar surface area (TPSA) is 91.3 Å². The fourth-order valence-electron chi connectivity index (χ4n) is 1.78. The van der Waals surface area contributed by atoms with Gasteiger partial charge in [-0.2, -0.15) is 0 Å². The van der Waals surface area contributed by atoms with Crippen LogP contribution in [0.3, 0.4) is 0 Å². The standard InChI is InChI=1S/C15H20N6OS.HI/c1-3-12-8-18-14(23-12)10-20-15(16-2)19-9-13(22)21-11-5-4-6-17-7-11;/h4-8H,3,9-10H2,1-2H3,(H,21,22)(H2,16,19,20);1H. The van der Waals surface area contributed by atoms with Crippen LogP contribution < -0.4 is 16.0 Å². The van der Waals surface area contributed by atoms with Crippen LogP contribution in [0.1, 0.15) is 16.8 Å². The van der Waals surface area contributed by atoms with Crippen molar-refractivity contribution < 1.29 is 4.79 Å². The van der Waals surface area contributed by atoms with Crippen molar-refractivity contribution in [2.75, 3.05) is 18.9 Å². The van der Waals surface area contributed by atoms with Crippen LogP contribution in [0.5, 0.6) is 0 Å². The smallest absolute Gasteiger partial charge is 0.243 e. The van der Waals surface area contributed by atoms with Crippen LogP contribution in [0.25, 0.3) is 0 Å². The second-order valence-corrected chi connectivity index (χ2v) is 5.84. The Kier molecular flexibility index (Phi) is 9.23. The molecule has 0 aliphatic carbocycles. The minimum absolute atomic E-state index is 0. The van der Waals surface area contributed by atoms with Gasteiger partial charge in [0.25, 0.3) is 0 Å². The van der Waals surface area contributed by atoms with Gasteiger partial charge in [-0.25, -0.2) is 4.98 Å². The maximum atomic E-state index is 11.9. The molecule has 7 nitrogen and oxygen atoms in total. The van der Waals surface area contributed by atoms with Crippen molar-refractivity contribution in [1.29, 1.82) is 0 Å². The summed E-state index contributed by atoms with van der Waals surface area (Å²) < 4.78 is 0. The molecule has 2 rings (SSSR count). The van der Waals surface area contributed by atoms with Crippen molar-refractivity contribution in [3.05, 3.63) is 40.6 Å². The molecule has 0 spiro atoms. The number of aryl methyl sites for hydroxylation is 1. The molecule has 0 radical (unpaired) electrons. The molecule has 0 atom stereocenters. The first-order chi connectivity index (χ1) is 11.2. The van der Waals surface area contributed by atoms with Crippen molar-refractivity contribution in [3.8, 4) is 0 Å². The summed E-state index contributed by atoms with van der Waals surface area (Å²) >= 11 is 1.67. The predicted molar refractivity (Wildman–Crippen MR) is 108 cm³/mol. The maximum Gasteiger partial charge on any atom is 0.243 e. The molecule has 0 unspecified atom stereocenters. The zero-order chi connectivity index (χ0) is 16.5. The molecular weight excluding hydrogens is 439 g/mol. The number of amides is 1. The first-order valence-corrected chi connectivity index (χ1v) is 8.11. The number of hydrogen-bond donors (Lipinski definition) is 3. The van der Waals surface area contributed by atoms with Crippen LogP contribution in [0.4, 0.5) is 5.69 Å². The van der Waals surface area contributed by atoms with Gasteiger partial charge in [-0.05, 0) is 18.6 Å². The molecular formula is C15H21IN6OS. The summed E-state index contributed by atoms with van der Waals surface area (Å²) in [5.74, 6) is 0.392. The molecule has 1 amide bonds. The monoisotopic (exact) mass is 460 g/mol. The van der Waals surface area contributed by atoms with Gasteiger partial charge < -0.3 is 16.0 Å². The number of halogens is 1. The summed E-state index contributed by atoms with van der Waals surface area (Å²) in [5.41, 5.74) is 0.664. The van der Waals surface area contributed by atoms with E-state index in [0.717, 1.165) is 11.4 Å². The Labute approximate surface area is 162 Å². The van der Waals surface area contributed by atoms with E-state index in [1.54, 1.807) is 42.9 Å². The SMILES string of the molecule is CCc1cnc(CNC(=NC)NCC(=O)Nc2cccnc2)s1.I. The number of nitrogens with one attached hydrogen (secondary N) is 3. The highest BCUT2D eigenvalue weighted by Crippen LogP contribution is 2.12. The van der Waals surface area contributed by atoms with E-state index in [4.69, 9.17) is 0 Å². The van der Waals surface area contributed by atoms with Gasteiger partial charge in [0.2, 0.25) is 5.91 Å². The van der Waals surface area contributed by atoms with Crippen LogP contribution in [0.2, 0.25) is 0 Å². The number of hydrogen-bond acceptors (Lipinski definition) is 5. The number of carbonyl (C=O) groups excluding carboxylic acids is 1. The number of guanidine groups is 1. The number of aliphatic imine (C=N–C) groups is 1. The summed E-state index contributed by atoms with van der Waals surface area (Å²) in [5, 5.41) is 9.84. The highest BCUT2D eigenvalue weighted by Gasteiger charge is 2.06. The molecule has 0 aliphatic rings. The summed E-state index contributed by atoms with van der Waals surface area (Å²) in [7, 11) is 1.66. The normalized spacial score (nSPS) is 10.7. The van der Waals surface area contributed by atoms with E-state index in [1.807, 2.05) is 6.20 Å². The summed E-state index contributed by atoms with van der Waals surface area (Å²) in [6.07, 6.45) is 6.12. The minimum Gasteiger partial charge on any atom is -0.350 e. The van der Waals surface area contributed by atoms with Gasteiger partial charge in [0.15, 0.2) is 5.96 Å². The molecule has 2 aromatic heterocycles. The Bertz CT molecular complexity index is 661. The fourth-order valence-corrected chi connectivity index (χ4v) is 2.58. The molecule has 130 valence electrons. The highest BCUT2D eigenvalue weighted by atomic mass is 127. The zero-order valence-electron chi connectivity index (χ0n) is 13.6. The Hall–Kier alpha value is -1.75. The molecule has 0 aliphatic heterocycles. The number of anilines is 1. The van der Waals surface area contributed by atoms with Crippen molar-refractivity contribution in [2.24, 2.45) is 4.99 Å². The second-order valence-electron chi connectivity index (χ2n) is 4.64. The summed E-state index contributed by atoms with van der Waals surface area (Å²) in [6, 6.07) is 3.55. The maximum absolute atomic E-state index is 11.9. The third-order valence-electron chi connectivity index (χ3n) is 2.94. The van der Waals surface area contributed by atoms with Crippen LogP contribution >= 0.6 is 35.3 Å². The molecule has 0 bridgehead atoms. The average Bonchev–Trinajstić information content (AvgIpc) is 3.04. The first kappa shape index (κ1) is 20.3. The Morgan fingerprint density at radius 2 is 2.17 bits per heavy atom. The lowest BCUT2D eigenvalue weighted by molar-refractivity contribution is -0.115. The van der Waals surface area contributed by atoms with Gasteiger partial charge in [0.05, 0.1) is 25.0 Å². The number of aromatic nitrogens is 2. The molecule has 0 fully saturated rings. The van der Waals surface area contributed by atoms with Crippen molar-refractivity contribution in [2.45, 2.75) is 19.9 Å². The van der Waals surface area contributed by atoms with Crippen molar-refractivity contribution in [1.82, 2.24) is 20.6 Å². The minimum atomic E-state index is -0.163. The lowest BCUT2D eigenvalue weighted by atomic mass is 10.4. The number of thiazole rings is 1. The molecule has 9 heteroatoms. The van der Waals surface area contributed by atoms with Crippen molar-refractivity contribution >= 4 is 52.9 Å². The van der Waals surface area contributed by atoms with Gasteiger partial charge >= 0.3 is 0 Å². The van der Waals surface area contributed by atoms with E-state index in [-0.39, 0.29) is 36.4 Å². The van der Waals surface area contributed by atoms with Gasteiger partial charge in [0.1, 0.15) is 5.01 Å². The van der Waals surface area contributed by atoms with Crippen molar-refractivity contribution in [3.63, 3.8) is 0 Å². The molecule has 3 N–H and O–H groups in total. The van der Waals surface area contributed by atoms with E-state index in [1.165, 1.54) is 4.88 Å². The molecule has 0 saturated carbocycles. The molecule has 0 saturated heterocycles. The number of carbonyl (C=O) groups is 1. The summed E-state index contributed by atoms with van der Waals surface area (Å²) in [6.45, 7) is 2.80. The number of nitrogens with zero attached hydrogens (tertiary/aromatic N) is 3. The second kappa shape index (κ2) is 10.9. The zero-order valence-corrected chi connectivity index (χ0v) is 16.7. The van der Waals surface area contributed by atoms with Gasteiger partial charge in [-0.15, -0.1) is 35.3 Å². The molecule has 2 heterocycles. The average molecular weight is 460 g/mol. The first-order valence-electron chi connectivity index (χ1n) is 7.29. The Morgan fingerprint density at radius 1 is 1.33 bits per heavy atom. The third-order valence-corrected chi connectivity index (χ3v) is 4.08. The van der Waals surface area contributed by atoms with E-state index in [2.05, 4.69) is 37.8 Å². The van der Waals surface area contributed by atoms with E-state index >= 15 is 0 Å². The number of pyridine rings is 1. The lowest BCUT2D eigenvalue weighted by Crippen LogP contribution is -2.41. The lowest BCUT2D eigenvalue weighted by Gasteiger charge is -2.11. The van der Waals surface area contributed by atoms with Crippen LogP contribution in [0.15, 0.2) is 35.7 Å². The predicted octanol–water partition coefficient (Wildman–Crippen LogP) is 2.02. The highest BCUT2D eigenvalue weighted by molar-refractivity contribution is 14.0. The van der Waals surface area contributed by atoms with E-state index in [9.17, 15) is 4.79 Å². The largest absolute Gasteiger partial charge is 0.350 e. The van der Waals surface area contributed by atoms with Crippen LogP contribution in [0, 0.1) is 0 Å². The van der Waals surface area contributed by atoms with Crippen LogP contribution in [-0.4, -0.2) is 35.4 Å². The molecule has 24 heavy (non-hydrogen) atoms. The van der Waals surface area contributed by atoms with E-state index in [0.29, 0.717) is 18.2 Å².